The van der Waals surface area contributed by atoms with Gasteiger partial charge in [0.25, 0.3) is 0 Å². The summed E-state index contributed by atoms with van der Waals surface area (Å²) in [5, 5.41) is 10.6. The van der Waals surface area contributed by atoms with Crippen LogP contribution in [0.3, 0.4) is 0 Å². The molecule has 1 amide bonds. The number of likely N-dealkylation sites (tertiary alicyclic amines) is 1. The Morgan fingerprint density at radius 1 is 1.33 bits per heavy atom. The predicted octanol–water partition coefficient (Wildman–Crippen LogP) is 1.59. The van der Waals surface area contributed by atoms with Gasteiger partial charge in [-0.15, -0.1) is 10.2 Å². The monoisotopic (exact) mass is 399 g/mol. The lowest BCUT2D eigenvalue weighted by atomic mass is 10.2. The molecular weight excluding hydrogens is 380 g/mol. The maximum atomic E-state index is 12.5. The Morgan fingerprint density at radius 3 is 2.63 bits per heavy atom. The molecule has 1 aliphatic rings. The highest BCUT2D eigenvalue weighted by Crippen LogP contribution is 2.30. The maximum absolute atomic E-state index is 12.5. The summed E-state index contributed by atoms with van der Waals surface area (Å²) >= 11 is 0. The number of nitrogens with zero attached hydrogens (tertiary/aromatic N) is 4. The highest BCUT2D eigenvalue weighted by molar-refractivity contribution is 7.91. The number of hydrogen-bond donors (Lipinski definition) is 1. The second kappa shape index (κ2) is 7.69. The van der Waals surface area contributed by atoms with Crippen LogP contribution in [0.1, 0.15) is 24.7 Å². The van der Waals surface area contributed by atoms with E-state index >= 15 is 0 Å². The van der Waals surface area contributed by atoms with Gasteiger partial charge in [0, 0.05) is 12.7 Å². The van der Waals surface area contributed by atoms with Gasteiger partial charge in [-0.25, -0.2) is 8.42 Å². The molecule has 0 spiro atoms. The second-order valence-electron chi connectivity index (χ2n) is 6.31. The van der Waals surface area contributed by atoms with Crippen molar-refractivity contribution in [3.8, 4) is 0 Å². The fraction of sp³-hybridized carbons (Fsp3) is 0.438. The van der Waals surface area contributed by atoms with Crippen LogP contribution in [-0.2, 0) is 21.7 Å². The number of hydrogen-bond acceptors (Lipinski definition) is 6. The summed E-state index contributed by atoms with van der Waals surface area (Å²) in [6.45, 7) is 0.880. The Bertz CT molecular complexity index is 914. The van der Waals surface area contributed by atoms with Crippen LogP contribution in [0.5, 0.6) is 0 Å². The average Bonchev–Trinajstić information content (AvgIpc) is 3.23. The van der Waals surface area contributed by atoms with Crippen molar-refractivity contribution in [2.75, 3.05) is 18.4 Å². The van der Waals surface area contributed by atoms with E-state index in [1.54, 1.807) is 6.33 Å². The van der Waals surface area contributed by atoms with Crippen LogP contribution < -0.4 is 5.32 Å². The molecule has 8 nitrogen and oxygen atoms in total. The van der Waals surface area contributed by atoms with E-state index in [0.717, 1.165) is 37.3 Å². The van der Waals surface area contributed by atoms with Crippen LogP contribution in [0.15, 0.2) is 35.5 Å². The number of amides is 1. The number of aryl methyl sites for hydroxylation is 1. The number of sulfone groups is 1. The molecule has 1 saturated heterocycles. The van der Waals surface area contributed by atoms with Crippen molar-refractivity contribution in [3.63, 3.8) is 0 Å². The number of carbonyl (C=O) groups excluding carboxylic acids is 1. The van der Waals surface area contributed by atoms with Gasteiger partial charge in [0.05, 0.1) is 17.5 Å². The zero-order chi connectivity index (χ0) is 19.6. The van der Waals surface area contributed by atoms with Gasteiger partial charge in [0.1, 0.15) is 12.2 Å². The third kappa shape index (κ3) is 4.14. The van der Waals surface area contributed by atoms with Crippen molar-refractivity contribution in [1.82, 2.24) is 19.7 Å². The highest BCUT2D eigenvalue weighted by atomic mass is 32.2. The number of benzene rings is 1. The molecule has 1 atom stereocenters. The summed E-state index contributed by atoms with van der Waals surface area (Å²) in [5.74, 6) is -2.97. The zero-order valence-corrected chi connectivity index (χ0v) is 15.4. The van der Waals surface area contributed by atoms with E-state index in [1.165, 1.54) is 12.1 Å². The molecule has 146 valence electrons. The van der Waals surface area contributed by atoms with Crippen LogP contribution in [0.25, 0.3) is 0 Å². The molecule has 1 aliphatic heterocycles. The van der Waals surface area contributed by atoms with Crippen molar-refractivity contribution in [2.45, 2.75) is 29.5 Å². The van der Waals surface area contributed by atoms with E-state index in [2.05, 4.69) is 15.5 Å². The standard InChI is InChI=1S/C16H19F2N5O3S/c1-22-10-19-21-15(22)13-3-2-8-23(13)9-14(24)20-11-4-6-12(7-5-11)27(25,26)16(17)18/h4-7,10,13,16H,2-3,8-9H2,1H3,(H,20,24). The summed E-state index contributed by atoms with van der Waals surface area (Å²) in [6.07, 6.45) is 3.42. The topological polar surface area (TPSA) is 97.2 Å². The van der Waals surface area contributed by atoms with Crippen molar-refractivity contribution in [3.05, 3.63) is 36.4 Å². The lowest BCUT2D eigenvalue weighted by Gasteiger charge is -2.22. The molecule has 3 rings (SSSR count). The normalized spacial score (nSPS) is 18.1. The predicted molar refractivity (Wildman–Crippen MR) is 92.8 cm³/mol. The maximum Gasteiger partial charge on any atom is 0.341 e. The van der Waals surface area contributed by atoms with E-state index in [9.17, 15) is 22.0 Å². The first-order chi connectivity index (χ1) is 12.8. The molecule has 11 heteroatoms. The van der Waals surface area contributed by atoms with Crippen LogP contribution in [-0.4, -0.2) is 52.8 Å². The quantitative estimate of drug-likeness (QED) is 0.792. The summed E-state index contributed by atoms with van der Waals surface area (Å²) in [6, 6.07) is 4.68. The molecule has 27 heavy (non-hydrogen) atoms. The van der Waals surface area contributed by atoms with Gasteiger partial charge in [0.15, 0.2) is 0 Å². The largest absolute Gasteiger partial charge is 0.341 e. The minimum absolute atomic E-state index is 0.00168. The van der Waals surface area contributed by atoms with E-state index in [4.69, 9.17) is 0 Å². The van der Waals surface area contributed by atoms with Crippen LogP contribution in [0, 0.1) is 0 Å². The lowest BCUT2D eigenvalue weighted by Crippen LogP contribution is -2.33. The Balaban J connectivity index is 1.63. The van der Waals surface area contributed by atoms with Crippen LogP contribution >= 0.6 is 0 Å². The number of rotatable bonds is 6. The molecular formula is C16H19F2N5O3S. The zero-order valence-electron chi connectivity index (χ0n) is 14.5. The first kappa shape index (κ1) is 19.4. The average molecular weight is 399 g/mol. The molecule has 0 radical (unpaired) electrons. The second-order valence-corrected chi connectivity index (χ2v) is 8.22. The molecule has 1 aromatic carbocycles. The molecule has 0 aliphatic carbocycles. The molecule has 0 bridgehead atoms. The van der Waals surface area contributed by atoms with E-state index in [-0.39, 0.29) is 18.5 Å². The number of aromatic nitrogens is 3. The highest BCUT2D eigenvalue weighted by Gasteiger charge is 2.31. The molecule has 2 aromatic rings. The summed E-state index contributed by atoms with van der Waals surface area (Å²) < 4.78 is 49.7. The first-order valence-electron chi connectivity index (χ1n) is 8.29. The van der Waals surface area contributed by atoms with Crippen molar-refractivity contribution in [1.29, 1.82) is 0 Å². The van der Waals surface area contributed by atoms with E-state index in [0.29, 0.717) is 5.69 Å². The third-order valence-electron chi connectivity index (χ3n) is 4.46. The van der Waals surface area contributed by atoms with Gasteiger partial charge < -0.3 is 9.88 Å². The molecule has 1 aromatic heterocycles. The molecule has 1 N–H and O–H groups in total. The fourth-order valence-electron chi connectivity index (χ4n) is 3.12. The number of alkyl halides is 2. The number of carbonyl (C=O) groups is 1. The lowest BCUT2D eigenvalue weighted by molar-refractivity contribution is -0.117. The minimum Gasteiger partial charge on any atom is -0.325 e. The van der Waals surface area contributed by atoms with Gasteiger partial charge in [-0.3, -0.25) is 9.69 Å². The van der Waals surface area contributed by atoms with Crippen molar-refractivity contribution < 1.29 is 22.0 Å². The van der Waals surface area contributed by atoms with E-state index in [1.807, 2.05) is 16.5 Å². The number of halogens is 2. The summed E-state index contributed by atoms with van der Waals surface area (Å²) in [5.41, 5.74) is 0.336. The fourth-order valence-corrected chi connectivity index (χ4v) is 3.84. The van der Waals surface area contributed by atoms with Gasteiger partial charge in [0.2, 0.25) is 15.7 Å². The van der Waals surface area contributed by atoms with Crippen LogP contribution in [0.2, 0.25) is 0 Å². The Morgan fingerprint density at radius 2 is 2.04 bits per heavy atom. The Kier molecular flexibility index (Phi) is 5.51. The van der Waals surface area contributed by atoms with Gasteiger partial charge in [-0.1, -0.05) is 0 Å². The van der Waals surface area contributed by atoms with Crippen molar-refractivity contribution in [2.24, 2.45) is 7.05 Å². The van der Waals surface area contributed by atoms with Crippen molar-refractivity contribution >= 4 is 21.4 Å². The van der Waals surface area contributed by atoms with E-state index < -0.39 is 20.5 Å². The molecule has 0 saturated carbocycles. The summed E-state index contributed by atoms with van der Waals surface area (Å²) in [4.78, 5) is 13.8. The van der Waals surface area contributed by atoms with Gasteiger partial charge >= 0.3 is 5.76 Å². The third-order valence-corrected chi connectivity index (χ3v) is 5.85. The minimum atomic E-state index is -4.65. The first-order valence-corrected chi connectivity index (χ1v) is 9.83. The molecule has 1 unspecified atom stereocenters. The SMILES string of the molecule is Cn1cnnc1C1CCCN1CC(=O)Nc1ccc(S(=O)(=O)C(F)F)cc1. The molecule has 1 fully saturated rings. The van der Waals surface area contributed by atoms with Gasteiger partial charge in [-0.2, -0.15) is 8.78 Å². The van der Waals surface area contributed by atoms with Crippen LogP contribution in [0.4, 0.5) is 14.5 Å². The summed E-state index contributed by atoms with van der Waals surface area (Å²) in [7, 11) is -2.80. The Hall–Kier alpha value is -2.40. The number of anilines is 1. The number of nitrogens with one attached hydrogen (secondary N) is 1. The smallest absolute Gasteiger partial charge is 0.325 e. The molecule has 2 heterocycles. The van der Waals surface area contributed by atoms with Gasteiger partial charge in [-0.05, 0) is 43.7 Å². The Labute approximate surface area is 155 Å².